The van der Waals surface area contributed by atoms with E-state index in [0.29, 0.717) is 6.42 Å². The van der Waals surface area contributed by atoms with Crippen LogP contribution in [-0.4, -0.2) is 42.0 Å². The van der Waals surface area contributed by atoms with Gasteiger partial charge in [-0.25, -0.2) is 0 Å². The summed E-state index contributed by atoms with van der Waals surface area (Å²) in [5, 5.41) is 0. The summed E-state index contributed by atoms with van der Waals surface area (Å²) in [6.45, 7) is 10.4. The van der Waals surface area contributed by atoms with Gasteiger partial charge in [-0.2, -0.15) is 0 Å². The largest absolute Gasteiger partial charge is 0.463 e. The lowest BCUT2D eigenvalue weighted by atomic mass is 9.43. The molecule has 0 saturated heterocycles. The molecule has 4 fully saturated rings. The van der Waals surface area contributed by atoms with Crippen LogP contribution in [0.5, 0.6) is 0 Å². The Morgan fingerprint density at radius 3 is 1.97 bits per heavy atom. The maximum atomic E-state index is 12.7. The number of fused-ring (bicyclic) bond motifs is 5. The Morgan fingerprint density at radius 1 is 0.735 bits per heavy atom. The first-order valence-corrected chi connectivity index (χ1v) is 12.9. The summed E-state index contributed by atoms with van der Waals surface area (Å²) in [7, 11) is 0. The van der Waals surface area contributed by atoms with Gasteiger partial charge >= 0.3 is 17.9 Å². The number of esters is 3. The van der Waals surface area contributed by atoms with Crippen molar-refractivity contribution < 1.29 is 33.4 Å². The van der Waals surface area contributed by atoms with Gasteiger partial charge in [-0.1, -0.05) is 13.8 Å². The van der Waals surface area contributed by atoms with Crippen LogP contribution < -0.4 is 0 Å². The molecule has 10 unspecified atom stereocenters. The van der Waals surface area contributed by atoms with Gasteiger partial charge in [-0.3, -0.25) is 19.2 Å². The monoisotopic (exact) mass is 476 g/mol. The Kier molecular flexibility index (Phi) is 6.62. The van der Waals surface area contributed by atoms with Gasteiger partial charge in [0.05, 0.1) is 0 Å². The molecule has 4 aliphatic carbocycles. The van der Waals surface area contributed by atoms with E-state index in [2.05, 4.69) is 13.8 Å². The molecule has 0 aromatic rings. The highest BCUT2D eigenvalue weighted by atomic mass is 16.6. The fourth-order valence-electron chi connectivity index (χ4n) is 8.82. The van der Waals surface area contributed by atoms with Crippen molar-refractivity contribution in [2.45, 2.75) is 105 Å². The van der Waals surface area contributed by atoms with Crippen LogP contribution in [0.25, 0.3) is 0 Å². The van der Waals surface area contributed by atoms with Crippen LogP contribution in [0.15, 0.2) is 0 Å². The smallest absolute Gasteiger partial charge is 0.302 e. The zero-order chi connectivity index (χ0) is 25.0. The maximum absolute atomic E-state index is 12.7. The van der Waals surface area contributed by atoms with Crippen molar-refractivity contribution in [2.75, 3.05) is 0 Å². The molecule has 7 heteroatoms. The van der Waals surface area contributed by atoms with Crippen molar-refractivity contribution in [1.29, 1.82) is 0 Å². The molecule has 190 valence electrons. The highest BCUT2D eigenvalue weighted by Gasteiger charge is 2.67. The molecule has 4 aliphatic rings. The van der Waals surface area contributed by atoms with Crippen LogP contribution in [0.2, 0.25) is 0 Å². The van der Waals surface area contributed by atoms with E-state index in [-0.39, 0.29) is 77.0 Å². The van der Waals surface area contributed by atoms with Crippen molar-refractivity contribution in [3.8, 4) is 0 Å². The van der Waals surface area contributed by atoms with Crippen LogP contribution in [0.4, 0.5) is 0 Å². The lowest BCUT2D eigenvalue weighted by Gasteiger charge is -2.63. The van der Waals surface area contributed by atoms with Gasteiger partial charge in [0.15, 0.2) is 0 Å². The fourth-order valence-corrected chi connectivity index (χ4v) is 8.82. The second-order valence-electron chi connectivity index (χ2n) is 11.8. The number of carbonyl (C=O) groups excluding carboxylic acids is 4. The summed E-state index contributed by atoms with van der Waals surface area (Å²) in [5.74, 6) is -0.185. The highest BCUT2D eigenvalue weighted by molar-refractivity contribution is 5.80. The molecule has 0 aliphatic heterocycles. The molecule has 34 heavy (non-hydrogen) atoms. The van der Waals surface area contributed by atoms with E-state index in [1.807, 2.05) is 0 Å². The molecule has 0 aromatic carbocycles. The standard InChI is InChI=1S/C27H40O7/c1-14(28)20-7-8-21-25-22(13-24(27(20,21)6)34-17(4)31)26(5)10-9-19(32-15(2)29)11-18(26)12-23(25)33-16(3)30/h18-25H,7-13H2,1-6H3. The summed E-state index contributed by atoms with van der Waals surface area (Å²) in [5.41, 5.74) is -0.499. The molecule has 0 bridgehead atoms. The number of hydrogen-bond donors (Lipinski definition) is 0. The quantitative estimate of drug-likeness (QED) is 0.442. The zero-order valence-electron chi connectivity index (χ0n) is 21.4. The minimum Gasteiger partial charge on any atom is -0.463 e. The Morgan fingerprint density at radius 2 is 1.38 bits per heavy atom. The minimum atomic E-state index is -0.463. The number of rotatable bonds is 4. The zero-order valence-corrected chi connectivity index (χ0v) is 21.4. The first kappa shape index (κ1) is 25.2. The minimum absolute atomic E-state index is 0.0357. The molecule has 4 saturated carbocycles. The van der Waals surface area contributed by atoms with Crippen LogP contribution in [-0.2, 0) is 33.4 Å². The lowest BCUT2D eigenvalue weighted by Crippen LogP contribution is -2.63. The van der Waals surface area contributed by atoms with E-state index in [0.717, 1.165) is 38.5 Å². The number of carbonyl (C=O) groups is 4. The van der Waals surface area contributed by atoms with Gasteiger partial charge in [-0.05, 0) is 75.0 Å². The van der Waals surface area contributed by atoms with Crippen LogP contribution in [0.3, 0.4) is 0 Å². The van der Waals surface area contributed by atoms with Gasteiger partial charge in [-0.15, -0.1) is 0 Å². The second kappa shape index (κ2) is 8.94. The first-order chi connectivity index (χ1) is 15.9. The average Bonchev–Trinajstić information content (AvgIpc) is 3.07. The molecular formula is C27H40O7. The van der Waals surface area contributed by atoms with E-state index >= 15 is 0 Å². The summed E-state index contributed by atoms with van der Waals surface area (Å²) in [6.07, 6.45) is 4.84. The third kappa shape index (κ3) is 4.07. The SMILES string of the molecule is CC(=O)OC1CCC2(C)C(C1)CC(OC(C)=O)C1C2CC(OC(C)=O)C2(C)C(C(C)=O)CCC12. The highest BCUT2D eigenvalue weighted by Crippen LogP contribution is 2.68. The van der Waals surface area contributed by atoms with Crippen molar-refractivity contribution in [3.05, 3.63) is 0 Å². The van der Waals surface area contributed by atoms with Crippen molar-refractivity contribution >= 4 is 23.7 Å². The van der Waals surface area contributed by atoms with E-state index < -0.39 is 5.41 Å². The summed E-state index contributed by atoms with van der Waals surface area (Å²) >= 11 is 0. The summed E-state index contributed by atoms with van der Waals surface area (Å²) < 4.78 is 17.6. The van der Waals surface area contributed by atoms with Crippen molar-refractivity contribution in [3.63, 3.8) is 0 Å². The Bertz CT molecular complexity index is 867. The second-order valence-corrected chi connectivity index (χ2v) is 11.8. The average molecular weight is 477 g/mol. The van der Waals surface area contributed by atoms with Crippen molar-refractivity contribution in [2.24, 2.45) is 40.4 Å². The summed E-state index contributed by atoms with van der Waals surface area (Å²) in [6, 6.07) is 0. The molecule has 4 rings (SSSR count). The molecule has 0 aromatic heterocycles. The van der Waals surface area contributed by atoms with E-state index in [4.69, 9.17) is 14.2 Å². The van der Waals surface area contributed by atoms with Gasteiger partial charge in [0, 0.05) is 38.0 Å². The topological polar surface area (TPSA) is 96.0 Å². The summed E-state index contributed by atoms with van der Waals surface area (Å²) in [4.78, 5) is 48.7. The predicted molar refractivity (Wildman–Crippen MR) is 123 cm³/mol. The van der Waals surface area contributed by atoms with Gasteiger partial charge in [0.25, 0.3) is 0 Å². The van der Waals surface area contributed by atoms with Gasteiger partial charge in [0.1, 0.15) is 24.1 Å². The molecule has 0 amide bonds. The van der Waals surface area contributed by atoms with Crippen molar-refractivity contribution in [1.82, 2.24) is 0 Å². The van der Waals surface area contributed by atoms with Crippen LogP contribution >= 0.6 is 0 Å². The third-order valence-corrected chi connectivity index (χ3v) is 10.1. The molecular weight excluding hydrogens is 436 g/mol. The predicted octanol–water partition coefficient (Wildman–Crippen LogP) is 4.25. The Labute approximate surface area is 202 Å². The molecule has 10 atom stereocenters. The Balaban J connectivity index is 1.74. The van der Waals surface area contributed by atoms with Gasteiger partial charge in [0.2, 0.25) is 0 Å². The number of ether oxygens (including phenoxy) is 3. The van der Waals surface area contributed by atoms with Crippen LogP contribution in [0, 0.1) is 40.4 Å². The lowest BCUT2D eigenvalue weighted by molar-refractivity contribution is -0.222. The molecule has 7 nitrogen and oxygen atoms in total. The van der Waals surface area contributed by atoms with E-state index in [9.17, 15) is 19.2 Å². The number of Topliss-reactive ketones (excluding diaryl/α,β-unsaturated/α-hetero) is 1. The van der Waals surface area contributed by atoms with E-state index in [1.165, 1.54) is 20.8 Å². The molecule has 0 spiro atoms. The molecule has 0 radical (unpaired) electrons. The number of hydrogen-bond acceptors (Lipinski definition) is 7. The molecule has 0 heterocycles. The van der Waals surface area contributed by atoms with Gasteiger partial charge < -0.3 is 14.2 Å². The van der Waals surface area contributed by atoms with Crippen LogP contribution in [0.1, 0.15) is 86.5 Å². The number of ketones is 1. The normalized spacial score (nSPS) is 45.2. The maximum Gasteiger partial charge on any atom is 0.302 e. The fraction of sp³-hybridized carbons (Fsp3) is 0.852. The molecule has 0 N–H and O–H groups in total. The van der Waals surface area contributed by atoms with E-state index in [1.54, 1.807) is 6.92 Å². The first-order valence-electron chi connectivity index (χ1n) is 12.9. The Hall–Kier alpha value is -1.92. The third-order valence-electron chi connectivity index (χ3n) is 10.1.